The summed E-state index contributed by atoms with van der Waals surface area (Å²) < 4.78 is 7.53. The van der Waals surface area contributed by atoms with Crippen molar-refractivity contribution in [1.29, 1.82) is 0 Å². The zero-order chi connectivity index (χ0) is 18.6. The quantitative estimate of drug-likeness (QED) is 0.715. The third-order valence-electron chi connectivity index (χ3n) is 4.85. The molecule has 1 aromatic carbocycles. The maximum Gasteiger partial charge on any atom is 0.335 e. The van der Waals surface area contributed by atoms with E-state index in [0.717, 1.165) is 31.6 Å². The van der Waals surface area contributed by atoms with Crippen molar-refractivity contribution in [3.8, 4) is 11.4 Å². The van der Waals surface area contributed by atoms with Crippen LogP contribution in [0.25, 0.3) is 11.4 Å². The number of aromatic carboxylic acids is 1. The first-order chi connectivity index (χ1) is 13.2. The van der Waals surface area contributed by atoms with Gasteiger partial charge in [-0.3, -0.25) is 4.90 Å². The van der Waals surface area contributed by atoms with Gasteiger partial charge in [0.15, 0.2) is 0 Å². The van der Waals surface area contributed by atoms with Crippen LogP contribution in [-0.4, -0.2) is 48.8 Å². The minimum absolute atomic E-state index is 0.236. The van der Waals surface area contributed by atoms with Gasteiger partial charge in [-0.15, -0.1) is 0 Å². The molecule has 0 spiro atoms. The van der Waals surface area contributed by atoms with E-state index in [1.54, 1.807) is 24.3 Å². The van der Waals surface area contributed by atoms with Crippen LogP contribution in [0.5, 0.6) is 0 Å². The molecule has 1 aliphatic rings. The van der Waals surface area contributed by atoms with Crippen molar-refractivity contribution >= 4 is 5.97 Å². The van der Waals surface area contributed by atoms with Gasteiger partial charge < -0.3 is 14.2 Å². The lowest BCUT2D eigenvalue weighted by molar-refractivity contribution is 0.0697. The number of imidazole rings is 1. The van der Waals surface area contributed by atoms with Crippen LogP contribution in [0.4, 0.5) is 0 Å². The minimum atomic E-state index is -0.953. The largest absolute Gasteiger partial charge is 0.478 e. The predicted octanol–water partition coefficient (Wildman–Crippen LogP) is 2.54. The molecule has 3 aromatic rings. The van der Waals surface area contributed by atoms with Crippen LogP contribution in [-0.2, 0) is 13.1 Å². The topological polar surface area (TPSA) is 97.3 Å². The molecule has 1 aliphatic heterocycles. The highest BCUT2D eigenvalue weighted by atomic mass is 16.5. The van der Waals surface area contributed by atoms with Gasteiger partial charge in [-0.1, -0.05) is 17.3 Å². The summed E-state index contributed by atoms with van der Waals surface area (Å²) in [6, 6.07) is 6.47. The van der Waals surface area contributed by atoms with E-state index in [9.17, 15) is 4.79 Å². The average Bonchev–Trinajstić information content (AvgIpc) is 3.34. The van der Waals surface area contributed by atoms with Gasteiger partial charge in [-0.05, 0) is 37.4 Å². The number of carboxylic acids is 1. The van der Waals surface area contributed by atoms with Gasteiger partial charge in [0, 0.05) is 31.0 Å². The van der Waals surface area contributed by atoms with Crippen LogP contribution in [0.1, 0.15) is 29.1 Å². The minimum Gasteiger partial charge on any atom is -0.478 e. The van der Waals surface area contributed by atoms with Crippen molar-refractivity contribution in [3.63, 3.8) is 0 Å². The standard InChI is InChI=1S/C19H21N5O3/c25-19(26)16-5-3-15(4-6-16)18-21-17(27-22-18)12-23-8-1-2-14(10-23)11-24-9-7-20-13-24/h3-7,9,13-14H,1-2,8,10-12H2,(H,25,26)/t14-/m1/s1. The smallest absolute Gasteiger partial charge is 0.335 e. The van der Waals surface area contributed by atoms with Crippen LogP contribution < -0.4 is 0 Å². The van der Waals surface area contributed by atoms with Crippen molar-refractivity contribution in [1.82, 2.24) is 24.6 Å². The molecule has 140 valence electrons. The number of likely N-dealkylation sites (tertiary alicyclic amines) is 1. The molecule has 3 heterocycles. The SMILES string of the molecule is O=C(O)c1ccc(-c2noc(CN3CCC[C@@H](Cn4ccnc4)C3)n2)cc1. The van der Waals surface area contributed by atoms with Crippen molar-refractivity contribution in [2.75, 3.05) is 13.1 Å². The molecule has 0 unspecified atom stereocenters. The van der Waals surface area contributed by atoms with E-state index >= 15 is 0 Å². The van der Waals surface area contributed by atoms with E-state index in [0.29, 0.717) is 24.2 Å². The van der Waals surface area contributed by atoms with Crippen molar-refractivity contribution in [2.24, 2.45) is 5.92 Å². The normalized spacial score (nSPS) is 17.9. The molecule has 2 aromatic heterocycles. The van der Waals surface area contributed by atoms with Crippen molar-refractivity contribution in [3.05, 3.63) is 54.4 Å². The predicted molar refractivity (Wildman–Crippen MR) is 96.9 cm³/mol. The van der Waals surface area contributed by atoms with Gasteiger partial charge in [-0.25, -0.2) is 9.78 Å². The zero-order valence-corrected chi connectivity index (χ0v) is 14.9. The van der Waals surface area contributed by atoms with E-state index in [2.05, 4.69) is 24.6 Å². The van der Waals surface area contributed by atoms with E-state index < -0.39 is 5.97 Å². The Labute approximate surface area is 156 Å². The van der Waals surface area contributed by atoms with Gasteiger partial charge in [0.25, 0.3) is 0 Å². The van der Waals surface area contributed by atoms with Crippen molar-refractivity contribution in [2.45, 2.75) is 25.9 Å². The number of carboxylic acid groups (broad SMARTS) is 1. The second kappa shape index (κ2) is 7.71. The molecule has 0 radical (unpaired) electrons. The fraction of sp³-hybridized carbons (Fsp3) is 0.368. The molecular weight excluding hydrogens is 346 g/mol. The van der Waals surface area contributed by atoms with Gasteiger partial charge in [0.05, 0.1) is 18.4 Å². The van der Waals surface area contributed by atoms with Crippen LogP contribution in [0.2, 0.25) is 0 Å². The molecule has 1 saturated heterocycles. The van der Waals surface area contributed by atoms with Crippen molar-refractivity contribution < 1.29 is 14.4 Å². The molecule has 0 amide bonds. The summed E-state index contributed by atoms with van der Waals surface area (Å²) in [6.07, 6.45) is 8.03. The average molecular weight is 367 g/mol. The highest BCUT2D eigenvalue weighted by molar-refractivity contribution is 5.88. The number of nitrogens with zero attached hydrogens (tertiary/aromatic N) is 5. The van der Waals surface area contributed by atoms with Crippen LogP contribution in [0.15, 0.2) is 47.5 Å². The summed E-state index contributed by atoms with van der Waals surface area (Å²) in [5, 5.41) is 13.0. The summed E-state index contributed by atoms with van der Waals surface area (Å²) in [4.78, 5) is 21.9. The zero-order valence-electron chi connectivity index (χ0n) is 14.9. The highest BCUT2D eigenvalue weighted by Gasteiger charge is 2.22. The molecule has 0 bridgehead atoms. The number of benzene rings is 1. The number of aromatic nitrogens is 4. The van der Waals surface area contributed by atoms with E-state index in [4.69, 9.17) is 9.63 Å². The number of hydrogen-bond donors (Lipinski definition) is 1. The Kier molecular flexibility index (Phi) is 4.97. The Hall–Kier alpha value is -3.00. The Morgan fingerprint density at radius 3 is 2.89 bits per heavy atom. The second-order valence-corrected chi connectivity index (χ2v) is 6.90. The van der Waals surface area contributed by atoms with Crippen LogP contribution >= 0.6 is 0 Å². The van der Waals surface area contributed by atoms with Crippen LogP contribution in [0, 0.1) is 5.92 Å². The molecule has 1 fully saturated rings. The first-order valence-electron chi connectivity index (χ1n) is 9.02. The number of carbonyl (C=O) groups is 1. The fourth-order valence-electron chi connectivity index (χ4n) is 3.53. The Morgan fingerprint density at radius 2 is 2.15 bits per heavy atom. The molecule has 0 aliphatic carbocycles. The lowest BCUT2D eigenvalue weighted by atomic mass is 9.98. The number of rotatable bonds is 6. The Bertz CT molecular complexity index is 888. The molecule has 0 saturated carbocycles. The Balaban J connectivity index is 1.37. The summed E-state index contributed by atoms with van der Waals surface area (Å²) in [5.41, 5.74) is 0.978. The number of hydrogen-bond acceptors (Lipinski definition) is 6. The summed E-state index contributed by atoms with van der Waals surface area (Å²) >= 11 is 0. The van der Waals surface area contributed by atoms with E-state index in [1.165, 1.54) is 6.42 Å². The second-order valence-electron chi connectivity index (χ2n) is 6.90. The molecule has 8 heteroatoms. The molecule has 27 heavy (non-hydrogen) atoms. The van der Waals surface area contributed by atoms with Gasteiger partial charge in [0.1, 0.15) is 0 Å². The first kappa shape index (κ1) is 17.4. The summed E-state index contributed by atoms with van der Waals surface area (Å²) in [6.45, 7) is 3.61. The van der Waals surface area contributed by atoms with E-state index in [-0.39, 0.29) is 5.56 Å². The number of piperidine rings is 1. The summed E-state index contributed by atoms with van der Waals surface area (Å²) in [7, 11) is 0. The molecule has 4 rings (SSSR count). The maximum atomic E-state index is 10.9. The molecular formula is C19H21N5O3. The first-order valence-corrected chi connectivity index (χ1v) is 9.02. The lowest BCUT2D eigenvalue weighted by Gasteiger charge is -2.31. The monoisotopic (exact) mass is 367 g/mol. The van der Waals surface area contributed by atoms with Gasteiger partial charge in [-0.2, -0.15) is 4.98 Å². The third-order valence-corrected chi connectivity index (χ3v) is 4.85. The highest BCUT2D eigenvalue weighted by Crippen LogP contribution is 2.21. The fourth-order valence-corrected chi connectivity index (χ4v) is 3.53. The lowest BCUT2D eigenvalue weighted by Crippen LogP contribution is -2.36. The molecule has 1 N–H and O–H groups in total. The third kappa shape index (κ3) is 4.22. The van der Waals surface area contributed by atoms with Gasteiger partial charge >= 0.3 is 5.97 Å². The molecule has 1 atom stereocenters. The van der Waals surface area contributed by atoms with Crippen LogP contribution in [0.3, 0.4) is 0 Å². The molecule has 8 nitrogen and oxygen atoms in total. The van der Waals surface area contributed by atoms with Gasteiger partial charge in [0.2, 0.25) is 11.7 Å². The maximum absolute atomic E-state index is 10.9. The Morgan fingerprint density at radius 1 is 1.30 bits per heavy atom. The van der Waals surface area contributed by atoms with E-state index in [1.807, 2.05) is 18.7 Å². The summed E-state index contributed by atoms with van der Waals surface area (Å²) in [5.74, 6) is 0.689.